The van der Waals surface area contributed by atoms with Crippen molar-refractivity contribution in [3.8, 4) is 0 Å². The number of benzene rings is 1. The molecule has 1 aromatic heterocycles. The van der Waals surface area contributed by atoms with E-state index < -0.39 is 5.54 Å². The second-order valence-electron chi connectivity index (χ2n) is 6.87. The molecule has 0 aliphatic carbocycles. The minimum Gasteiger partial charge on any atom is -0.344 e. The second kappa shape index (κ2) is 7.62. The number of amides is 1. The van der Waals surface area contributed by atoms with Gasteiger partial charge in [-0.15, -0.1) is 11.3 Å². The molecule has 1 N–H and O–H groups in total. The number of fused-ring (bicyclic) bond motifs is 1. The van der Waals surface area contributed by atoms with Crippen LogP contribution in [0.1, 0.15) is 45.1 Å². The number of carbonyl (C=O) groups excluding carboxylic acids is 2. The molecule has 5 nitrogen and oxygen atoms in total. The van der Waals surface area contributed by atoms with Crippen molar-refractivity contribution in [1.29, 1.82) is 0 Å². The van der Waals surface area contributed by atoms with Crippen molar-refractivity contribution in [2.75, 3.05) is 13.1 Å². The number of hydrogen-bond acceptors (Lipinski definition) is 5. The Kier molecular flexibility index (Phi) is 5.49. The van der Waals surface area contributed by atoms with Gasteiger partial charge in [0.2, 0.25) is 5.91 Å². The van der Waals surface area contributed by atoms with Crippen LogP contribution in [0.3, 0.4) is 0 Å². The van der Waals surface area contributed by atoms with Crippen LogP contribution < -0.4 is 5.32 Å². The van der Waals surface area contributed by atoms with E-state index in [1.807, 2.05) is 12.4 Å². The van der Waals surface area contributed by atoms with Gasteiger partial charge in [0.15, 0.2) is 5.78 Å². The maximum absolute atomic E-state index is 12.6. The number of ketones is 1. The van der Waals surface area contributed by atoms with Gasteiger partial charge in [-0.2, -0.15) is 0 Å². The molecule has 3 rings (SSSR count). The number of nitrogens with zero attached hydrogens (tertiary/aromatic N) is 2. The molecule has 1 fully saturated rings. The molecule has 1 aromatic carbocycles. The summed E-state index contributed by atoms with van der Waals surface area (Å²) >= 11 is 1.65. The molecular formula is C19H25N3O2S. The Labute approximate surface area is 152 Å². The van der Waals surface area contributed by atoms with Gasteiger partial charge < -0.3 is 5.32 Å². The van der Waals surface area contributed by atoms with E-state index in [4.69, 9.17) is 0 Å². The van der Waals surface area contributed by atoms with Crippen molar-refractivity contribution < 1.29 is 9.59 Å². The molecule has 2 heterocycles. The van der Waals surface area contributed by atoms with E-state index in [1.54, 1.807) is 11.3 Å². The van der Waals surface area contributed by atoms with Crippen molar-refractivity contribution >= 4 is 33.2 Å². The number of piperidine rings is 1. The standard InChI is InChI=1S/C19H25N3O2S/c1-3-4-18(24)19(21-14(2)23)7-9-22(10-8-19)12-15-5-6-17-16(11-15)20-13-25-17/h5-6,11,13H,3-4,7-10,12H2,1-2H3,(H,21,23). The van der Waals surface area contributed by atoms with Crippen LogP contribution in [0, 0.1) is 0 Å². The van der Waals surface area contributed by atoms with Crippen LogP contribution in [-0.2, 0) is 16.1 Å². The SMILES string of the molecule is CCCC(=O)C1(NC(C)=O)CCN(Cc2ccc3scnc3c2)CC1. The van der Waals surface area contributed by atoms with Gasteiger partial charge in [0.1, 0.15) is 5.54 Å². The molecular weight excluding hydrogens is 334 g/mol. The maximum Gasteiger partial charge on any atom is 0.217 e. The molecule has 1 saturated heterocycles. The lowest BCUT2D eigenvalue weighted by Crippen LogP contribution is -2.59. The number of Topliss-reactive ketones (excluding diaryl/α,β-unsaturated/α-hetero) is 1. The van der Waals surface area contributed by atoms with Gasteiger partial charge in [-0.05, 0) is 37.0 Å². The zero-order valence-electron chi connectivity index (χ0n) is 14.9. The lowest BCUT2D eigenvalue weighted by molar-refractivity contribution is -0.133. The van der Waals surface area contributed by atoms with Crippen molar-refractivity contribution in [2.24, 2.45) is 0 Å². The highest BCUT2D eigenvalue weighted by atomic mass is 32.1. The Morgan fingerprint density at radius 1 is 1.32 bits per heavy atom. The molecule has 134 valence electrons. The average molecular weight is 359 g/mol. The molecule has 0 spiro atoms. The number of hydrogen-bond donors (Lipinski definition) is 1. The third-order valence-electron chi connectivity index (χ3n) is 4.94. The maximum atomic E-state index is 12.6. The molecule has 1 amide bonds. The van der Waals surface area contributed by atoms with Crippen molar-refractivity contribution in [3.63, 3.8) is 0 Å². The van der Waals surface area contributed by atoms with Gasteiger partial charge in [0.25, 0.3) is 0 Å². The molecule has 6 heteroatoms. The molecule has 2 aromatic rings. The molecule has 0 atom stereocenters. The smallest absolute Gasteiger partial charge is 0.217 e. The van der Waals surface area contributed by atoms with Crippen LogP contribution >= 0.6 is 11.3 Å². The Balaban J connectivity index is 1.66. The molecule has 0 unspecified atom stereocenters. The molecule has 25 heavy (non-hydrogen) atoms. The van der Waals surface area contributed by atoms with E-state index in [0.29, 0.717) is 19.3 Å². The fraction of sp³-hybridized carbons (Fsp3) is 0.526. The fourth-order valence-corrected chi connectivity index (χ4v) is 4.29. The minimum atomic E-state index is -0.669. The Hall–Kier alpha value is -1.79. The summed E-state index contributed by atoms with van der Waals surface area (Å²) in [5.74, 6) is 0.0561. The topological polar surface area (TPSA) is 62.3 Å². The molecule has 0 radical (unpaired) electrons. The summed E-state index contributed by atoms with van der Waals surface area (Å²) in [6, 6.07) is 6.42. The van der Waals surface area contributed by atoms with E-state index in [1.165, 1.54) is 17.2 Å². The first-order valence-electron chi connectivity index (χ1n) is 8.89. The fourth-order valence-electron chi connectivity index (χ4n) is 3.63. The highest BCUT2D eigenvalue weighted by Gasteiger charge is 2.40. The van der Waals surface area contributed by atoms with E-state index in [-0.39, 0.29) is 11.7 Å². The largest absolute Gasteiger partial charge is 0.344 e. The van der Waals surface area contributed by atoms with Crippen LogP contribution in [0.25, 0.3) is 10.2 Å². The highest BCUT2D eigenvalue weighted by Crippen LogP contribution is 2.27. The number of nitrogens with one attached hydrogen (secondary N) is 1. The second-order valence-corrected chi connectivity index (χ2v) is 7.75. The zero-order valence-corrected chi connectivity index (χ0v) is 15.7. The van der Waals surface area contributed by atoms with Gasteiger partial charge >= 0.3 is 0 Å². The summed E-state index contributed by atoms with van der Waals surface area (Å²) in [6.45, 7) is 5.97. The first-order valence-corrected chi connectivity index (χ1v) is 9.77. The van der Waals surface area contributed by atoms with Crippen LogP contribution in [-0.4, -0.2) is 40.2 Å². The first kappa shape index (κ1) is 18.0. The summed E-state index contributed by atoms with van der Waals surface area (Å²) in [6.07, 6.45) is 2.72. The Morgan fingerprint density at radius 2 is 2.08 bits per heavy atom. The van der Waals surface area contributed by atoms with E-state index in [2.05, 4.69) is 33.4 Å². The monoisotopic (exact) mass is 359 g/mol. The lowest BCUT2D eigenvalue weighted by atomic mass is 9.81. The highest BCUT2D eigenvalue weighted by molar-refractivity contribution is 7.16. The lowest BCUT2D eigenvalue weighted by Gasteiger charge is -2.41. The minimum absolute atomic E-state index is 0.119. The van der Waals surface area contributed by atoms with Crippen LogP contribution in [0.2, 0.25) is 0 Å². The molecule has 1 aliphatic rings. The number of carbonyl (C=O) groups is 2. The third kappa shape index (κ3) is 4.07. The summed E-state index contributed by atoms with van der Waals surface area (Å²) in [4.78, 5) is 30.9. The predicted molar refractivity (Wildman–Crippen MR) is 101 cm³/mol. The van der Waals surface area contributed by atoms with E-state index >= 15 is 0 Å². The van der Waals surface area contributed by atoms with Crippen molar-refractivity contribution in [1.82, 2.24) is 15.2 Å². The Morgan fingerprint density at radius 3 is 2.76 bits per heavy atom. The number of rotatable bonds is 6. The average Bonchev–Trinajstić information content (AvgIpc) is 3.04. The number of thiazole rings is 1. The molecule has 0 bridgehead atoms. The van der Waals surface area contributed by atoms with Gasteiger partial charge in [-0.25, -0.2) is 4.98 Å². The van der Waals surface area contributed by atoms with Gasteiger partial charge in [0.05, 0.1) is 15.7 Å². The number of likely N-dealkylation sites (tertiary alicyclic amines) is 1. The van der Waals surface area contributed by atoms with Gasteiger partial charge in [-0.3, -0.25) is 14.5 Å². The summed E-state index contributed by atoms with van der Waals surface area (Å²) < 4.78 is 1.21. The molecule has 1 aliphatic heterocycles. The van der Waals surface area contributed by atoms with E-state index in [9.17, 15) is 9.59 Å². The molecule has 0 saturated carbocycles. The Bertz CT molecular complexity index is 763. The van der Waals surface area contributed by atoms with Gasteiger partial charge in [0, 0.05) is 33.0 Å². The van der Waals surface area contributed by atoms with Crippen LogP contribution in [0.4, 0.5) is 0 Å². The first-order chi connectivity index (χ1) is 12.0. The van der Waals surface area contributed by atoms with Gasteiger partial charge in [-0.1, -0.05) is 13.0 Å². The third-order valence-corrected chi connectivity index (χ3v) is 5.75. The van der Waals surface area contributed by atoms with Crippen molar-refractivity contribution in [3.05, 3.63) is 29.3 Å². The van der Waals surface area contributed by atoms with Crippen LogP contribution in [0.15, 0.2) is 23.7 Å². The predicted octanol–water partition coefficient (Wildman–Crippen LogP) is 3.14. The van der Waals surface area contributed by atoms with Crippen molar-refractivity contribution in [2.45, 2.75) is 51.6 Å². The normalized spacial score (nSPS) is 17.5. The summed E-state index contributed by atoms with van der Waals surface area (Å²) in [5, 5.41) is 2.96. The number of aromatic nitrogens is 1. The summed E-state index contributed by atoms with van der Waals surface area (Å²) in [7, 11) is 0. The van der Waals surface area contributed by atoms with E-state index in [0.717, 1.165) is 31.6 Å². The van der Waals surface area contributed by atoms with Crippen LogP contribution in [0.5, 0.6) is 0 Å². The zero-order chi connectivity index (χ0) is 17.9. The summed E-state index contributed by atoms with van der Waals surface area (Å²) in [5.41, 5.74) is 3.49. The quantitative estimate of drug-likeness (QED) is 0.861.